The molecule has 3 rings (SSSR count). The molecule has 0 spiro atoms. The number of nitrogens with one attached hydrogen (secondary N) is 2. The summed E-state index contributed by atoms with van der Waals surface area (Å²) in [6, 6.07) is 10.5. The van der Waals surface area contributed by atoms with Gasteiger partial charge in [0.1, 0.15) is 11.6 Å². The van der Waals surface area contributed by atoms with Gasteiger partial charge in [-0.25, -0.2) is 4.39 Å². The van der Waals surface area contributed by atoms with Gasteiger partial charge < -0.3 is 20.3 Å². The maximum absolute atomic E-state index is 14.0. The largest absolute Gasteiger partial charge is 0.483 e. The van der Waals surface area contributed by atoms with Crippen molar-refractivity contribution in [3.63, 3.8) is 0 Å². The first-order chi connectivity index (χ1) is 13.8. The standard InChI is InChI=1S/C21H22FN3O4/c1-25(2)19(26)12-29-18-6-4-3-5-15(18)21(28)23-14-9-10-16(22)17(11-14)24-20(27)13-7-8-13/h3-6,9-11,13H,7-8,12H2,1-2H3,(H,23,28)(H,24,27). The van der Waals surface area contributed by atoms with Crippen LogP contribution in [0, 0.1) is 11.7 Å². The van der Waals surface area contributed by atoms with E-state index >= 15 is 0 Å². The maximum atomic E-state index is 14.0. The summed E-state index contributed by atoms with van der Waals surface area (Å²) in [4.78, 5) is 37.7. The minimum atomic E-state index is -0.581. The SMILES string of the molecule is CN(C)C(=O)COc1ccccc1C(=O)Nc1ccc(F)c(NC(=O)C2CC2)c1. The Hall–Kier alpha value is -3.42. The zero-order chi connectivity index (χ0) is 21.0. The van der Waals surface area contributed by atoms with Crippen molar-refractivity contribution in [2.24, 2.45) is 5.92 Å². The van der Waals surface area contributed by atoms with E-state index < -0.39 is 11.7 Å². The minimum absolute atomic E-state index is 0.0146. The van der Waals surface area contributed by atoms with Gasteiger partial charge in [-0.15, -0.1) is 0 Å². The van der Waals surface area contributed by atoms with Crippen LogP contribution in [0.3, 0.4) is 0 Å². The lowest BCUT2D eigenvalue weighted by Crippen LogP contribution is -2.28. The molecule has 3 amide bonds. The van der Waals surface area contributed by atoms with Gasteiger partial charge in [0.25, 0.3) is 11.8 Å². The zero-order valence-electron chi connectivity index (χ0n) is 16.2. The lowest BCUT2D eigenvalue weighted by atomic mass is 10.1. The summed E-state index contributed by atoms with van der Waals surface area (Å²) < 4.78 is 19.5. The Morgan fingerprint density at radius 2 is 1.83 bits per heavy atom. The second-order valence-corrected chi connectivity index (χ2v) is 6.99. The molecular weight excluding hydrogens is 377 g/mol. The fraction of sp³-hybridized carbons (Fsp3) is 0.286. The lowest BCUT2D eigenvalue weighted by molar-refractivity contribution is -0.130. The predicted molar refractivity (Wildman–Crippen MR) is 106 cm³/mol. The molecule has 7 nitrogen and oxygen atoms in total. The van der Waals surface area contributed by atoms with Crippen LogP contribution in [-0.2, 0) is 9.59 Å². The molecule has 0 saturated heterocycles. The van der Waals surface area contributed by atoms with Crippen LogP contribution >= 0.6 is 0 Å². The molecule has 8 heteroatoms. The van der Waals surface area contributed by atoms with E-state index in [1.807, 2.05) is 0 Å². The summed E-state index contributed by atoms with van der Waals surface area (Å²) in [5.41, 5.74) is 0.564. The minimum Gasteiger partial charge on any atom is -0.483 e. The second-order valence-electron chi connectivity index (χ2n) is 6.99. The Morgan fingerprint density at radius 1 is 1.10 bits per heavy atom. The maximum Gasteiger partial charge on any atom is 0.259 e. The Morgan fingerprint density at radius 3 is 2.52 bits per heavy atom. The van der Waals surface area contributed by atoms with Crippen molar-refractivity contribution in [1.29, 1.82) is 0 Å². The average Bonchev–Trinajstić information content (AvgIpc) is 3.54. The molecule has 1 aliphatic rings. The van der Waals surface area contributed by atoms with Gasteiger partial charge in [0.2, 0.25) is 5.91 Å². The molecule has 2 aromatic carbocycles. The highest BCUT2D eigenvalue weighted by molar-refractivity contribution is 6.06. The number of rotatable bonds is 7. The second kappa shape index (κ2) is 8.72. The van der Waals surface area contributed by atoms with Gasteiger partial charge >= 0.3 is 0 Å². The normalized spacial score (nSPS) is 12.8. The topological polar surface area (TPSA) is 87.7 Å². The quantitative estimate of drug-likeness (QED) is 0.749. The number of hydrogen-bond acceptors (Lipinski definition) is 4. The Balaban J connectivity index is 1.71. The molecule has 0 radical (unpaired) electrons. The van der Waals surface area contributed by atoms with Crippen LogP contribution in [-0.4, -0.2) is 43.3 Å². The molecule has 2 N–H and O–H groups in total. The number of anilines is 2. The van der Waals surface area contributed by atoms with E-state index in [1.165, 1.54) is 23.1 Å². The number of amides is 3. The molecule has 29 heavy (non-hydrogen) atoms. The van der Waals surface area contributed by atoms with Gasteiger partial charge in [-0.2, -0.15) is 0 Å². The third kappa shape index (κ3) is 5.31. The van der Waals surface area contributed by atoms with Gasteiger partial charge in [-0.1, -0.05) is 12.1 Å². The highest BCUT2D eigenvalue weighted by Gasteiger charge is 2.30. The van der Waals surface area contributed by atoms with Crippen LogP contribution in [0.5, 0.6) is 5.75 Å². The molecule has 0 aromatic heterocycles. The summed E-state index contributed by atoms with van der Waals surface area (Å²) in [6.45, 7) is -0.203. The number of likely N-dealkylation sites (N-methyl/N-ethyl adjacent to an activating group) is 1. The first kappa shape index (κ1) is 20.3. The van der Waals surface area contributed by atoms with Gasteiger partial charge in [-0.05, 0) is 43.2 Å². The molecule has 0 heterocycles. The molecule has 2 aromatic rings. The molecule has 1 fully saturated rings. The number of ether oxygens (including phenoxy) is 1. The van der Waals surface area contributed by atoms with E-state index in [9.17, 15) is 18.8 Å². The van der Waals surface area contributed by atoms with Crippen molar-refractivity contribution in [1.82, 2.24) is 4.90 Å². The van der Waals surface area contributed by atoms with Gasteiger partial charge in [0.05, 0.1) is 11.3 Å². The van der Waals surface area contributed by atoms with Crippen molar-refractivity contribution in [3.05, 3.63) is 53.8 Å². The number of para-hydroxylation sites is 1. The van der Waals surface area contributed by atoms with Crippen LogP contribution < -0.4 is 15.4 Å². The van der Waals surface area contributed by atoms with E-state index in [1.54, 1.807) is 38.4 Å². The molecule has 0 bridgehead atoms. The zero-order valence-corrected chi connectivity index (χ0v) is 16.2. The van der Waals surface area contributed by atoms with E-state index in [-0.39, 0.29) is 41.3 Å². The number of benzene rings is 2. The van der Waals surface area contributed by atoms with E-state index in [0.29, 0.717) is 5.69 Å². The van der Waals surface area contributed by atoms with Gasteiger partial charge in [0.15, 0.2) is 6.61 Å². The molecule has 0 unspecified atom stereocenters. The Labute approximate surface area is 167 Å². The summed E-state index contributed by atoms with van der Waals surface area (Å²) in [5.74, 6) is -1.34. The van der Waals surface area contributed by atoms with E-state index in [0.717, 1.165) is 12.8 Å². The van der Waals surface area contributed by atoms with Crippen LogP contribution in [0.15, 0.2) is 42.5 Å². The first-order valence-electron chi connectivity index (χ1n) is 9.19. The van der Waals surface area contributed by atoms with Crippen molar-refractivity contribution in [2.75, 3.05) is 31.3 Å². The van der Waals surface area contributed by atoms with Crippen molar-refractivity contribution >= 4 is 29.1 Å². The number of carbonyl (C=O) groups is 3. The third-order valence-corrected chi connectivity index (χ3v) is 4.41. The summed E-state index contributed by atoms with van der Waals surface area (Å²) >= 11 is 0. The molecular formula is C21H22FN3O4. The molecule has 1 aliphatic carbocycles. The predicted octanol–water partition coefficient (Wildman–Crippen LogP) is 2.89. The van der Waals surface area contributed by atoms with Crippen LogP contribution in [0.4, 0.5) is 15.8 Å². The third-order valence-electron chi connectivity index (χ3n) is 4.41. The van der Waals surface area contributed by atoms with E-state index in [4.69, 9.17) is 4.74 Å². The van der Waals surface area contributed by atoms with Crippen molar-refractivity contribution in [3.8, 4) is 5.75 Å². The molecule has 0 atom stereocenters. The van der Waals surface area contributed by atoms with Crippen molar-refractivity contribution in [2.45, 2.75) is 12.8 Å². The van der Waals surface area contributed by atoms with Gasteiger partial charge in [-0.3, -0.25) is 14.4 Å². The fourth-order valence-electron chi connectivity index (χ4n) is 2.53. The fourth-order valence-corrected chi connectivity index (χ4v) is 2.53. The average molecular weight is 399 g/mol. The molecule has 1 saturated carbocycles. The number of halogens is 1. The van der Waals surface area contributed by atoms with Crippen molar-refractivity contribution < 1.29 is 23.5 Å². The first-order valence-corrected chi connectivity index (χ1v) is 9.19. The van der Waals surface area contributed by atoms with Crippen LogP contribution in [0.2, 0.25) is 0 Å². The number of carbonyl (C=O) groups excluding carboxylic acids is 3. The van der Waals surface area contributed by atoms with Gasteiger partial charge in [0, 0.05) is 25.7 Å². The molecule has 152 valence electrons. The highest BCUT2D eigenvalue weighted by atomic mass is 19.1. The lowest BCUT2D eigenvalue weighted by Gasteiger charge is -2.14. The Kier molecular flexibility index (Phi) is 6.11. The smallest absolute Gasteiger partial charge is 0.259 e. The number of hydrogen-bond donors (Lipinski definition) is 2. The highest BCUT2D eigenvalue weighted by Crippen LogP contribution is 2.31. The Bertz CT molecular complexity index is 941. The molecule has 0 aliphatic heterocycles. The van der Waals surface area contributed by atoms with E-state index in [2.05, 4.69) is 10.6 Å². The summed E-state index contributed by atoms with van der Waals surface area (Å²) in [6.07, 6.45) is 1.61. The van der Waals surface area contributed by atoms with Crippen LogP contribution in [0.25, 0.3) is 0 Å². The number of nitrogens with zero attached hydrogens (tertiary/aromatic N) is 1. The monoisotopic (exact) mass is 399 g/mol. The summed E-state index contributed by atoms with van der Waals surface area (Å²) in [5, 5.41) is 5.21. The summed E-state index contributed by atoms with van der Waals surface area (Å²) in [7, 11) is 3.22. The van der Waals surface area contributed by atoms with Crippen LogP contribution in [0.1, 0.15) is 23.2 Å².